The van der Waals surface area contributed by atoms with Crippen molar-refractivity contribution >= 4 is 6.09 Å². The first-order chi connectivity index (χ1) is 8.36. The molecule has 1 N–H and O–H groups in total. The first-order valence-corrected chi connectivity index (χ1v) is 5.66. The standard InChI is InChI=1S/C12H16N2O3/c15-12(14-7-9-16-8-6-13-14)17-10-11-4-2-1-3-5-11/h1-5,13H,6-10H2. The number of ether oxygens (including phenoxy) is 2. The molecule has 0 unspecified atom stereocenters. The summed E-state index contributed by atoms with van der Waals surface area (Å²) in [5, 5.41) is 1.45. The van der Waals surface area contributed by atoms with Crippen LogP contribution in [-0.4, -0.2) is 37.4 Å². The lowest BCUT2D eigenvalue weighted by molar-refractivity contribution is 0.0768. The summed E-state index contributed by atoms with van der Waals surface area (Å²) >= 11 is 0. The van der Waals surface area contributed by atoms with E-state index >= 15 is 0 Å². The topological polar surface area (TPSA) is 50.8 Å². The Balaban J connectivity index is 1.80. The van der Waals surface area contributed by atoms with Gasteiger partial charge in [-0.3, -0.25) is 0 Å². The molecule has 1 heterocycles. The fourth-order valence-corrected chi connectivity index (χ4v) is 1.54. The normalized spacial score (nSPS) is 16.4. The monoisotopic (exact) mass is 236 g/mol. The Hall–Kier alpha value is -1.59. The SMILES string of the molecule is O=C(OCc1ccccc1)N1CCOCCN1. The van der Waals surface area contributed by atoms with Gasteiger partial charge in [-0.05, 0) is 5.56 Å². The molecule has 5 nitrogen and oxygen atoms in total. The number of nitrogens with zero attached hydrogens (tertiary/aromatic N) is 1. The molecule has 1 aliphatic rings. The van der Waals surface area contributed by atoms with Gasteiger partial charge in [-0.25, -0.2) is 15.2 Å². The predicted molar refractivity (Wildman–Crippen MR) is 62.2 cm³/mol. The molecule has 1 saturated heterocycles. The molecular weight excluding hydrogens is 220 g/mol. The van der Waals surface area contributed by atoms with E-state index < -0.39 is 0 Å². The quantitative estimate of drug-likeness (QED) is 0.837. The third-order valence-corrected chi connectivity index (χ3v) is 2.43. The van der Waals surface area contributed by atoms with Gasteiger partial charge in [0.1, 0.15) is 6.61 Å². The third-order valence-electron chi connectivity index (χ3n) is 2.43. The number of hydrogen-bond acceptors (Lipinski definition) is 4. The Morgan fingerprint density at radius 3 is 3.00 bits per heavy atom. The molecule has 1 fully saturated rings. The van der Waals surface area contributed by atoms with Gasteiger partial charge in [-0.2, -0.15) is 0 Å². The zero-order valence-electron chi connectivity index (χ0n) is 9.59. The van der Waals surface area contributed by atoms with Gasteiger partial charge in [-0.1, -0.05) is 30.3 Å². The van der Waals surface area contributed by atoms with E-state index in [1.807, 2.05) is 30.3 Å². The Morgan fingerprint density at radius 1 is 1.35 bits per heavy atom. The lowest BCUT2D eigenvalue weighted by Crippen LogP contribution is -2.43. The van der Waals surface area contributed by atoms with Crippen molar-refractivity contribution in [2.75, 3.05) is 26.3 Å². The molecule has 1 aromatic carbocycles. The van der Waals surface area contributed by atoms with Crippen LogP contribution in [0.4, 0.5) is 4.79 Å². The van der Waals surface area contributed by atoms with Crippen LogP contribution in [-0.2, 0) is 16.1 Å². The molecule has 0 spiro atoms. The summed E-state index contributed by atoms with van der Waals surface area (Å²) < 4.78 is 10.4. The van der Waals surface area contributed by atoms with Gasteiger partial charge >= 0.3 is 6.09 Å². The number of rotatable bonds is 2. The van der Waals surface area contributed by atoms with E-state index in [1.54, 1.807) is 0 Å². The summed E-state index contributed by atoms with van der Waals surface area (Å²) in [6.45, 7) is 2.57. The van der Waals surface area contributed by atoms with E-state index in [4.69, 9.17) is 9.47 Å². The molecule has 1 amide bonds. The number of amides is 1. The van der Waals surface area contributed by atoms with E-state index in [-0.39, 0.29) is 6.09 Å². The highest BCUT2D eigenvalue weighted by atomic mass is 16.6. The van der Waals surface area contributed by atoms with E-state index in [1.165, 1.54) is 5.01 Å². The first kappa shape index (κ1) is 11.9. The van der Waals surface area contributed by atoms with Gasteiger partial charge in [-0.15, -0.1) is 0 Å². The molecule has 0 atom stereocenters. The number of hydrogen-bond donors (Lipinski definition) is 1. The van der Waals surface area contributed by atoms with Crippen molar-refractivity contribution in [3.05, 3.63) is 35.9 Å². The van der Waals surface area contributed by atoms with Crippen LogP contribution in [0.15, 0.2) is 30.3 Å². The van der Waals surface area contributed by atoms with Crippen molar-refractivity contribution in [1.82, 2.24) is 10.4 Å². The maximum absolute atomic E-state index is 11.7. The van der Waals surface area contributed by atoms with Crippen LogP contribution >= 0.6 is 0 Å². The Labute approximate surface area is 100 Å². The largest absolute Gasteiger partial charge is 0.444 e. The molecule has 2 rings (SSSR count). The van der Waals surface area contributed by atoms with Gasteiger partial charge in [0.05, 0.1) is 19.8 Å². The maximum Gasteiger partial charge on any atom is 0.424 e. The lowest BCUT2D eigenvalue weighted by Gasteiger charge is -2.19. The van der Waals surface area contributed by atoms with E-state index in [0.717, 1.165) is 5.56 Å². The van der Waals surface area contributed by atoms with Crippen molar-refractivity contribution < 1.29 is 14.3 Å². The Morgan fingerprint density at radius 2 is 2.18 bits per heavy atom. The summed E-state index contributed by atoms with van der Waals surface area (Å²) in [4.78, 5) is 11.7. The summed E-state index contributed by atoms with van der Waals surface area (Å²) in [5.41, 5.74) is 3.93. The second-order valence-electron chi connectivity index (χ2n) is 3.71. The molecule has 1 aliphatic heterocycles. The van der Waals surface area contributed by atoms with Crippen LogP contribution in [0.3, 0.4) is 0 Å². The molecule has 0 saturated carbocycles. The minimum atomic E-state index is -0.362. The van der Waals surface area contributed by atoms with Crippen LogP contribution < -0.4 is 5.43 Å². The summed E-state index contributed by atoms with van der Waals surface area (Å²) in [7, 11) is 0. The summed E-state index contributed by atoms with van der Waals surface area (Å²) in [6.07, 6.45) is -0.362. The molecule has 5 heteroatoms. The molecule has 0 bridgehead atoms. The van der Waals surface area contributed by atoms with Crippen LogP contribution in [0.1, 0.15) is 5.56 Å². The molecule has 17 heavy (non-hydrogen) atoms. The minimum absolute atomic E-state index is 0.290. The first-order valence-electron chi connectivity index (χ1n) is 5.66. The van der Waals surface area contributed by atoms with Crippen molar-refractivity contribution in [3.63, 3.8) is 0 Å². The highest BCUT2D eigenvalue weighted by Crippen LogP contribution is 2.02. The molecule has 1 aromatic rings. The van der Waals surface area contributed by atoms with E-state index in [9.17, 15) is 4.79 Å². The molecule has 0 aromatic heterocycles. The van der Waals surface area contributed by atoms with Gasteiger partial charge < -0.3 is 9.47 Å². The Bertz CT molecular complexity index is 348. The Kier molecular flexibility index (Phi) is 4.35. The number of nitrogens with one attached hydrogen (secondary N) is 1. The average molecular weight is 236 g/mol. The highest BCUT2D eigenvalue weighted by Gasteiger charge is 2.16. The van der Waals surface area contributed by atoms with Crippen molar-refractivity contribution in [1.29, 1.82) is 0 Å². The molecule has 0 radical (unpaired) electrons. The predicted octanol–water partition coefficient (Wildman–Crippen LogP) is 1.16. The number of benzene rings is 1. The highest BCUT2D eigenvalue weighted by molar-refractivity contribution is 5.67. The minimum Gasteiger partial charge on any atom is -0.444 e. The summed E-state index contributed by atoms with van der Waals surface area (Å²) in [5.74, 6) is 0. The van der Waals surface area contributed by atoms with Crippen molar-refractivity contribution in [2.45, 2.75) is 6.61 Å². The van der Waals surface area contributed by atoms with Crippen LogP contribution in [0.2, 0.25) is 0 Å². The number of hydrazine groups is 1. The number of carbonyl (C=O) groups excluding carboxylic acids is 1. The zero-order valence-corrected chi connectivity index (χ0v) is 9.59. The second kappa shape index (κ2) is 6.22. The van der Waals surface area contributed by atoms with Crippen LogP contribution in [0, 0.1) is 0 Å². The smallest absolute Gasteiger partial charge is 0.424 e. The van der Waals surface area contributed by atoms with Crippen LogP contribution in [0.5, 0.6) is 0 Å². The van der Waals surface area contributed by atoms with Crippen molar-refractivity contribution in [2.24, 2.45) is 0 Å². The van der Waals surface area contributed by atoms with Crippen molar-refractivity contribution in [3.8, 4) is 0 Å². The fraction of sp³-hybridized carbons (Fsp3) is 0.417. The molecule has 0 aliphatic carbocycles. The second-order valence-corrected chi connectivity index (χ2v) is 3.71. The van der Waals surface area contributed by atoms with Gasteiger partial charge in [0.15, 0.2) is 0 Å². The average Bonchev–Trinajstić information content (AvgIpc) is 2.66. The van der Waals surface area contributed by atoms with Gasteiger partial charge in [0, 0.05) is 6.54 Å². The number of carbonyl (C=O) groups is 1. The molecule has 92 valence electrons. The third kappa shape index (κ3) is 3.72. The maximum atomic E-state index is 11.7. The lowest BCUT2D eigenvalue weighted by atomic mass is 10.2. The zero-order chi connectivity index (χ0) is 11.9. The van der Waals surface area contributed by atoms with Crippen LogP contribution in [0.25, 0.3) is 0 Å². The van der Waals surface area contributed by atoms with E-state index in [2.05, 4.69) is 5.43 Å². The van der Waals surface area contributed by atoms with Gasteiger partial charge in [0.25, 0.3) is 0 Å². The van der Waals surface area contributed by atoms with Gasteiger partial charge in [0.2, 0.25) is 0 Å². The van der Waals surface area contributed by atoms with E-state index in [0.29, 0.717) is 32.9 Å². The fourth-order valence-electron chi connectivity index (χ4n) is 1.54. The summed E-state index contributed by atoms with van der Waals surface area (Å²) in [6, 6.07) is 9.61. The molecular formula is C12H16N2O3.